The van der Waals surface area contributed by atoms with Crippen molar-refractivity contribution in [3.05, 3.63) is 103 Å². The summed E-state index contributed by atoms with van der Waals surface area (Å²) in [6, 6.07) is 31.6. The molecule has 0 aliphatic carbocycles. The van der Waals surface area contributed by atoms with E-state index in [0.29, 0.717) is 0 Å². The van der Waals surface area contributed by atoms with Crippen LogP contribution in [0.1, 0.15) is 13.3 Å². The molecule has 0 heterocycles. The maximum atomic E-state index is 11.1. The van der Waals surface area contributed by atoms with Crippen molar-refractivity contribution in [2.45, 2.75) is 13.3 Å². The molecule has 0 spiro atoms. The third-order valence-corrected chi connectivity index (χ3v) is 14.7. The summed E-state index contributed by atoms with van der Waals surface area (Å²) in [5.74, 6) is -0.812. The van der Waals surface area contributed by atoms with Gasteiger partial charge in [0.15, 0.2) is 0 Å². The summed E-state index contributed by atoms with van der Waals surface area (Å²) in [6.45, 7) is 2.03. The number of carbonyl (C=O) groups is 1. The summed E-state index contributed by atoms with van der Waals surface area (Å²) < 4.78 is 0. The van der Waals surface area contributed by atoms with Gasteiger partial charge in [0.05, 0.1) is 0 Å². The molecule has 0 aliphatic rings. The van der Waals surface area contributed by atoms with Crippen LogP contribution in [0.4, 0.5) is 0 Å². The van der Waals surface area contributed by atoms with E-state index >= 15 is 0 Å². The van der Waals surface area contributed by atoms with Gasteiger partial charge in [0, 0.05) is 0 Å². The summed E-state index contributed by atoms with van der Waals surface area (Å²) in [6.07, 6.45) is 2.60. The molecule has 3 aromatic carbocycles. The molecule has 4 heteroatoms. The molecule has 0 aliphatic heterocycles. The van der Waals surface area contributed by atoms with E-state index in [4.69, 9.17) is 5.11 Å². The molecular formula is C24H24BrO2P. The van der Waals surface area contributed by atoms with E-state index in [0.717, 1.165) is 11.7 Å². The summed E-state index contributed by atoms with van der Waals surface area (Å²) in [4.78, 5) is 11.1. The maximum absolute atomic E-state index is 11.1. The second kappa shape index (κ2) is 8.43. The van der Waals surface area contributed by atoms with Crippen LogP contribution >= 0.6 is 20.8 Å². The Kier molecular flexibility index (Phi) is 6.17. The fraction of sp³-hybridized carbons (Fsp3) is 0.125. The van der Waals surface area contributed by atoms with Gasteiger partial charge in [-0.15, -0.1) is 0 Å². The Morgan fingerprint density at radius 1 is 0.821 bits per heavy atom. The second-order valence-electron chi connectivity index (χ2n) is 7.00. The van der Waals surface area contributed by atoms with Gasteiger partial charge in [-0.1, -0.05) is 0 Å². The molecule has 0 saturated carbocycles. The first-order valence-electron chi connectivity index (χ1n) is 9.22. The minimum absolute atomic E-state index is 0.0314. The summed E-state index contributed by atoms with van der Waals surface area (Å²) in [5, 5.41) is 9.80. The molecule has 0 bridgehead atoms. The van der Waals surface area contributed by atoms with Crippen molar-refractivity contribution in [3.8, 4) is 0 Å². The van der Waals surface area contributed by atoms with E-state index in [1.54, 1.807) is 0 Å². The van der Waals surface area contributed by atoms with Crippen molar-refractivity contribution >= 4 is 42.7 Å². The number of aliphatic carboxylic acids is 1. The van der Waals surface area contributed by atoms with Crippen molar-refractivity contribution in [1.82, 2.24) is 0 Å². The first-order chi connectivity index (χ1) is 13.4. The van der Waals surface area contributed by atoms with Crippen molar-refractivity contribution in [3.63, 3.8) is 0 Å². The quantitative estimate of drug-likeness (QED) is 0.391. The molecule has 0 unspecified atom stereocenters. The number of carboxylic acids is 1. The van der Waals surface area contributed by atoms with Crippen molar-refractivity contribution in [2.24, 2.45) is 0 Å². The molecule has 0 amide bonds. The van der Waals surface area contributed by atoms with E-state index in [9.17, 15) is 4.79 Å². The fourth-order valence-corrected chi connectivity index (χ4v) is 11.9. The van der Waals surface area contributed by atoms with Crippen LogP contribution in [0.3, 0.4) is 0 Å². The van der Waals surface area contributed by atoms with E-state index in [1.807, 2.05) is 31.2 Å². The summed E-state index contributed by atoms with van der Waals surface area (Å²) in [7, 11) is 0. The van der Waals surface area contributed by atoms with E-state index in [2.05, 4.69) is 88.3 Å². The van der Waals surface area contributed by atoms with Gasteiger partial charge in [-0.25, -0.2) is 0 Å². The number of allylic oxidation sites excluding steroid dienone is 1. The van der Waals surface area contributed by atoms with Crippen LogP contribution in [-0.2, 0) is 4.79 Å². The summed E-state index contributed by atoms with van der Waals surface area (Å²) in [5.41, 5.74) is 1.06. The normalized spacial score (nSPS) is 13.5. The number of hydrogen-bond donors (Lipinski definition) is 1. The monoisotopic (exact) mass is 454 g/mol. The Hall–Kier alpha value is -2.22. The van der Waals surface area contributed by atoms with Crippen LogP contribution in [-0.4, -0.2) is 17.2 Å². The Bertz CT molecular complexity index is 870. The van der Waals surface area contributed by atoms with Crippen molar-refractivity contribution < 1.29 is 9.90 Å². The van der Waals surface area contributed by atoms with Crippen LogP contribution in [0.2, 0.25) is 0 Å². The fourth-order valence-electron chi connectivity index (χ4n) is 3.73. The predicted octanol–water partition coefficient (Wildman–Crippen LogP) is 5.25. The number of rotatable bonds is 7. The average molecular weight is 455 g/mol. The Balaban J connectivity index is 2.34. The molecule has 0 atom stereocenters. The van der Waals surface area contributed by atoms with Gasteiger partial charge in [-0.2, -0.15) is 0 Å². The molecule has 0 saturated heterocycles. The van der Waals surface area contributed by atoms with Crippen LogP contribution in [0.5, 0.6) is 0 Å². The summed E-state index contributed by atoms with van der Waals surface area (Å²) >= 11 is 4.37. The molecule has 3 rings (SSSR count). The number of halogens is 1. The Morgan fingerprint density at radius 3 is 1.50 bits per heavy atom. The second-order valence-corrected chi connectivity index (χ2v) is 15.9. The molecule has 0 fully saturated rings. The molecule has 0 aromatic heterocycles. The molecule has 28 heavy (non-hydrogen) atoms. The van der Waals surface area contributed by atoms with E-state index in [1.165, 1.54) is 15.9 Å². The number of carboxylic acid groups (broad SMARTS) is 1. The predicted molar refractivity (Wildman–Crippen MR) is 125 cm³/mol. The third-order valence-electron chi connectivity index (χ3n) is 5.06. The molecular weight excluding hydrogens is 431 g/mol. The molecule has 1 N–H and O–H groups in total. The van der Waals surface area contributed by atoms with Crippen LogP contribution < -0.4 is 15.9 Å². The van der Waals surface area contributed by atoms with Gasteiger partial charge < -0.3 is 0 Å². The van der Waals surface area contributed by atoms with Gasteiger partial charge in [0.1, 0.15) is 0 Å². The van der Waals surface area contributed by atoms with Crippen LogP contribution in [0, 0.1) is 0 Å². The Labute approximate surface area is 174 Å². The first kappa shape index (κ1) is 20.5. The zero-order chi connectivity index (χ0) is 20.1. The van der Waals surface area contributed by atoms with Crippen LogP contribution in [0.15, 0.2) is 103 Å². The topological polar surface area (TPSA) is 37.3 Å². The molecule has 2 nitrogen and oxygen atoms in total. The van der Waals surface area contributed by atoms with Gasteiger partial charge in [0.2, 0.25) is 0 Å². The third kappa shape index (κ3) is 3.83. The van der Waals surface area contributed by atoms with Gasteiger partial charge in [0.25, 0.3) is 0 Å². The zero-order valence-corrected chi connectivity index (χ0v) is 18.3. The number of benzene rings is 3. The molecule has 144 valence electrons. The van der Waals surface area contributed by atoms with Gasteiger partial charge in [-0.05, 0) is 0 Å². The average Bonchev–Trinajstić information content (AvgIpc) is 2.74. The van der Waals surface area contributed by atoms with Crippen LogP contribution in [0.25, 0.3) is 0 Å². The Morgan fingerprint density at radius 2 is 1.18 bits per heavy atom. The zero-order valence-electron chi connectivity index (χ0n) is 15.8. The molecule has 0 radical (unpaired) electrons. The van der Waals surface area contributed by atoms with Gasteiger partial charge in [-0.3, -0.25) is 0 Å². The SMILES string of the molecule is C/C(=C\CC(=O)O)CP(Br)(c1ccccc1)(c1ccccc1)c1ccccc1. The van der Waals surface area contributed by atoms with E-state index < -0.39 is 11.3 Å². The van der Waals surface area contributed by atoms with E-state index in [-0.39, 0.29) is 6.42 Å². The minimum atomic E-state index is -3.02. The van der Waals surface area contributed by atoms with Crippen molar-refractivity contribution in [2.75, 3.05) is 6.16 Å². The van der Waals surface area contributed by atoms with Crippen molar-refractivity contribution in [1.29, 1.82) is 0 Å². The van der Waals surface area contributed by atoms with Gasteiger partial charge >= 0.3 is 175 Å². The first-order valence-corrected chi connectivity index (χ1v) is 13.7. The number of hydrogen-bond acceptors (Lipinski definition) is 1. The standard InChI is InChI=1S/C24H24BrO2P/c1-20(17-18-24(26)27)19-28(25,21-11-5-2-6-12-21,22-13-7-3-8-14-22)23-15-9-4-10-16-23/h2-17H,18-19H2,1H3,(H,26,27)/b20-17+. The molecule has 3 aromatic rings.